The van der Waals surface area contributed by atoms with E-state index >= 15 is 0 Å². The van der Waals surface area contributed by atoms with E-state index in [4.69, 9.17) is 4.42 Å². The van der Waals surface area contributed by atoms with Gasteiger partial charge in [-0.1, -0.05) is 0 Å². The van der Waals surface area contributed by atoms with Crippen molar-refractivity contribution in [2.45, 2.75) is 37.8 Å². The van der Waals surface area contributed by atoms with Gasteiger partial charge in [-0.15, -0.1) is 0 Å². The van der Waals surface area contributed by atoms with E-state index in [0.717, 1.165) is 25.8 Å². The number of likely N-dealkylation sites (N-methyl/N-ethyl adjacent to an activating group) is 1. The van der Waals surface area contributed by atoms with Crippen LogP contribution in [-0.2, 0) is 7.05 Å². The molecule has 2 atom stereocenters. The summed E-state index contributed by atoms with van der Waals surface area (Å²) in [6, 6.07) is 1.68. The zero-order valence-corrected chi connectivity index (χ0v) is 16.5. The summed E-state index contributed by atoms with van der Waals surface area (Å²) in [5.74, 6) is 0.295. The number of carbonyl (C=O) groups is 2. The average Bonchev–Trinajstić information content (AvgIpc) is 3.37. The number of aryl methyl sites for hydroxylation is 2. The van der Waals surface area contributed by atoms with Crippen LogP contribution in [0.5, 0.6) is 0 Å². The minimum absolute atomic E-state index is 0.0334. The van der Waals surface area contributed by atoms with Crippen LogP contribution in [0.2, 0.25) is 0 Å². The summed E-state index contributed by atoms with van der Waals surface area (Å²) < 4.78 is 6.78. The molecule has 0 aliphatic carbocycles. The average molecular weight is 386 g/mol. The van der Waals surface area contributed by atoms with Crippen LogP contribution in [-0.4, -0.2) is 74.6 Å². The second-order valence-electron chi connectivity index (χ2n) is 7.77. The van der Waals surface area contributed by atoms with Gasteiger partial charge in [0.1, 0.15) is 11.5 Å². The SMILES string of the molecule is Cc1ocnc1C(=O)N1CCCC2(C1)C(NC(=O)c1ccnn1C)CCN2C. The minimum Gasteiger partial charge on any atom is -0.448 e. The lowest BCUT2D eigenvalue weighted by atomic mass is 9.82. The smallest absolute Gasteiger partial charge is 0.276 e. The first kappa shape index (κ1) is 18.7. The molecule has 4 rings (SSSR count). The molecule has 0 aromatic carbocycles. The Hall–Kier alpha value is -2.68. The van der Waals surface area contributed by atoms with Gasteiger partial charge in [-0.25, -0.2) is 4.98 Å². The summed E-state index contributed by atoms with van der Waals surface area (Å²) in [7, 11) is 3.83. The summed E-state index contributed by atoms with van der Waals surface area (Å²) >= 11 is 0. The molecule has 2 aromatic rings. The first-order chi connectivity index (χ1) is 13.4. The number of likely N-dealkylation sites (tertiary alicyclic amines) is 2. The second-order valence-corrected chi connectivity index (χ2v) is 7.77. The van der Waals surface area contributed by atoms with Gasteiger partial charge < -0.3 is 14.6 Å². The third-order valence-corrected chi connectivity index (χ3v) is 6.26. The van der Waals surface area contributed by atoms with E-state index in [0.29, 0.717) is 30.2 Å². The molecule has 0 radical (unpaired) electrons. The molecule has 150 valence electrons. The Morgan fingerprint density at radius 3 is 2.82 bits per heavy atom. The number of hydrogen-bond donors (Lipinski definition) is 1. The maximum absolute atomic E-state index is 13.0. The number of hydrogen-bond acceptors (Lipinski definition) is 6. The van der Waals surface area contributed by atoms with Crippen LogP contribution in [0.25, 0.3) is 0 Å². The van der Waals surface area contributed by atoms with Crippen molar-refractivity contribution in [2.75, 3.05) is 26.7 Å². The van der Waals surface area contributed by atoms with Crippen LogP contribution in [0, 0.1) is 6.92 Å². The van der Waals surface area contributed by atoms with Crippen molar-refractivity contribution >= 4 is 11.8 Å². The van der Waals surface area contributed by atoms with Crippen molar-refractivity contribution < 1.29 is 14.0 Å². The van der Waals surface area contributed by atoms with E-state index in [1.807, 2.05) is 4.90 Å². The fraction of sp³-hybridized carbons (Fsp3) is 0.579. The highest BCUT2D eigenvalue weighted by molar-refractivity contribution is 5.94. The number of oxazole rings is 1. The van der Waals surface area contributed by atoms with Crippen LogP contribution in [0.1, 0.15) is 46.0 Å². The van der Waals surface area contributed by atoms with Gasteiger partial charge in [0.15, 0.2) is 12.1 Å². The Bertz CT molecular complexity index is 890. The molecule has 0 bridgehead atoms. The zero-order chi connectivity index (χ0) is 19.9. The Kier molecular flexibility index (Phi) is 4.70. The molecule has 2 fully saturated rings. The molecule has 9 heteroatoms. The standard InChI is InChI=1S/C19H26N6O3/c1-13-16(20-12-28-13)18(27)25-9-4-7-19(11-25)15(6-10-23(19)2)22-17(26)14-5-8-21-24(14)3/h5,8,12,15H,4,6-7,9-11H2,1-3H3,(H,22,26). The number of carbonyl (C=O) groups excluding carboxylic acids is 2. The van der Waals surface area contributed by atoms with Gasteiger partial charge in [-0.2, -0.15) is 5.10 Å². The quantitative estimate of drug-likeness (QED) is 0.839. The predicted octanol–water partition coefficient (Wildman–Crippen LogP) is 0.825. The highest BCUT2D eigenvalue weighted by atomic mass is 16.3. The van der Waals surface area contributed by atoms with Gasteiger partial charge in [0, 0.05) is 32.9 Å². The molecule has 2 aromatic heterocycles. The number of aromatic nitrogens is 3. The predicted molar refractivity (Wildman–Crippen MR) is 101 cm³/mol. The Balaban J connectivity index is 1.55. The number of amides is 2. The van der Waals surface area contributed by atoms with Crippen molar-refractivity contribution in [1.82, 2.24) is 29.9 Å². The van der Waals surface area contributed by atoms with Gasteiger partial charge in [-0.3, -0.25) is 19.2 Å². The first-order valence-electron chi connectivity index (χ1n) is 9.62. The van der Waals surface area contributed by atoms with Crippen molar-refractivity contribution in [1.29, 1.82) is 0 Å². The third kappa shape index (κ3) is 2.99. The molecular formula is C19H26N6O3. The van der Waals surface area contributed by atoms with Crippen molar-refractivity contribution in [3.05, 3.63) is 35.8 Å². The molecule has 2 amide bonds. The van der Waals surface area contributed by atoms with E-state index in [2.05, 4.69) is 27.3 Å². The largest absolute Gasteiger partial charge is 0.448 e. The maximum Gasteiger partial charge on any atom is 0.276 e. The fourth-order valence-corrected chi connectivity index (χ4v) is 4.61. The van der Waals surface area contributed by atoms with Gasteiger partial charge in [0.2, 0.25) is 0 Å². The van der Waals surface area contributed by atoms with Crippen LogP contribution in [0.15, 0.2) is 23.1 Å². The van der Waals surface area contributed by atoms with Crippen LogP contribution in [0.3, 0.4) is 0 Å². The zero-order valence-electron chi connectivity index (χ0n) is 16.5. The van der Waals surface area contributed by atoms with E-state index in [9.17, 15) is 9.59 Å². The van der Waals surface area contributed by atoms with E-state index in [1.54, 1.807) is 30.9 Å². The number of rotatable bonds is 3. The summed E-state index contributed by atoms with van der Waals surface area (Å²) in [5.41, 5.74) is 0.625. The fourth-order valence-electron chi connectivity index (χ4n) is 4.61. The molecule has 2 saturated heterocycles. The molecule has 9 nitrogen and oxygen atoms in total. The molecule has 2 unspecified atom stereocenters. The van der Waals surface area contributed by atoms with E-state index < -0.39 is 0 Å². The highest BCUT2D eigenvalue weighted by Gasteiger charge is 2.51. The second kappa shape index (κ2) is 7.05. The summed E-state index contributed by atoms with van der Waals surface area (Å²) in [4.78, 5) is 34.0. The van der Waals surface area contributed by atoms with Gasteiger partial charge >= 0.3 is 0 Å². The molecule has 28 heavy (non-hydrogen) atoms. The number of nitrogens with one attached hydrogen (secondary N) is 1. The molecule has 2 aliphatic heterocycles. The number of piperidine rings is 1. The van der Waals surface area contributed by atoms with Crippen molar-refractivity contribution in [3.8, 4) is 0 Å². The van der Waals surface area contributed by atoms with Gasteiger partial charge in [0.05, 0.1) is 11.6 Å². The van der Waals surface area contributed by atoms with Gasteiger partial charge in [0.25, 0.3) is 11.8 Å². The normalized spacial score (nSPS) is 25.4. The molecule has 1 N–H and O–H groups in total. The molecular weight excluding hydrogens is 360 g/mol. The summed E-state index contributed by atoms with van der Waals surface area (Å²) in [6.07, 6.45) is 5.59. The van der Waals surface area contributed by atoms with Crippen molar-refractivity contribution in [3.63, 3.8) is 0 Å². The minimum atomic E-state index is -0.278. The Morgan fingerprint density at radius 1 is 1.32 bits per heavy atom. The van der Waals surface area contributed by atoms with Gasteiger partial charge in [-0.05, 0) is 39.3 Å². The van der Waals surface area contributed by atoms with E-state index in [1.165, 1.54) is 6.39 Å². The highest BCUT2D eigenvalue weighted by Crippen LogP contribution is 2.37. The lowest BCUT2D eigenvalue weighted by Gasteiger charge is -2.47. The molecule has 0 saturated carbocycles. The van der Waals surface area contributed by atoms with Crippen LogP contribution in [0.4, 0.5) is 0 Å². The third-order valence-electron chi connectivity index (χ3n) is 6.26. The molecule has 2 aliphatic rings. The molecule has 4 heterocycles. The van der Waals surface area contributed by atoms with Crippen molar-refractivity contribution in [2.24, 2.45) is 7.05 Å². The van der Waals surface area contributed by atoms with E-state index in [-0.39, 0.29) is 23.4 Å². The lowest BCUT2D eigenvalue weighted by Crippen LogP contribution is -2.64. The number of nitrogens with zero attached hydrogens (tertiary/aromatic N) is 5. The summed E-state index contributed by atoms with van der Waals surface area (Å²) in [5, 5.41) is 7.29. The first-order valence-corrected chi connectivity index (χ1v) is 9.62. The topological polar surface area (TPSA) is 96.5 Å². The Morgan fingerprint density at radius 2 is 2.14 bits per heavy atom. The van der Waals surface area contributed by atoms with Crippen LogP contribution < -0.4 is 5.32 Å². The monoisotopic (exact) mass is 386 g/mol. The molecule has 1 spiro atoms. The maximum atomic E-state index is 13.0. The lowest BCUT2D eigenvalue weighted by molar-refractivity contribution is 0.0311. The van der Waals surface area contributed by atoms with Crippen LogP contribution >= 0.6 is 0 Å². The Labute approximate surface area is 163 Å². The summed E-state index contributed by atoms with van der Waals surface area (Å²) in [6.45, 7) is 3.87.